The summed E-state index contributed by atoms with van der Waals surface area (Å²) >= 11 is 0. The molecule has 2 rings (SSSR count). The van der Waals surface area contributed by atoms with Crippen LogP contribution >= 0.6 is 0 Å². The predicted molar refractivity (Wildman–Crippen MR) is 89.0 cm³/mol. The van der Waals surface area contributed by atoms with Crippen LogP contribution in [0, 0.1) is 5.92 Å². The minimum absolute atomic E-state index is 0.248. The van der Waals surface area contributed by atoms with Gasteiger partial charge in [-0.05, 0) is 50.4 Å². The molecule has 5 heteroatoms. The molecule has 23 heavy (non-hydrogen) atoms. The largest absolute Gasteiger partial charge is 0.490 e. The maximum atomic E-state index is 11.2. The highest BCUT2D eigenvalue weighted by molar-refractivity contribution is 5.70. The van der Waals surface area contributed by atoms with Crippen LogP contribution in [0.5, 0.6) is 11.5 Å². The van der Waals surface area contributed by atoms with E-state index in [-0.39, 0.29) is 5.92 Å². The van der Waals surface area contributed by atoms with E-state index in [1.165, 1.54) is 0 Å². The van der Waals surface area contributed by atoms with Gasteiger partial charge in [-0.2, -0.15) is 0 Å². The number of nitrogens with zero attached hydrogens (tertiary/aromatic N) is 1. The van der Waals surface area contributed by atoms with E-state index in [1.54, 1.807) is 0 Å². The number of aliphatic carboxylic acids is 1. The molecule has 0 aromatic heterocycles. The molecule has 1 aromatic rings. The summed E-state index contributed by atoms with van der Waals surface area (Å²) in [4.78, 5) is 13.4. The lowest BCUT2D eigenvalue weighted by Crippen LogP contribution is -2.38. The fourth-order valence-corrected chi connectivity index (χ4v) is 2.91. The Hall–Kier alpha value is -1.75. The zero-order valence-electron chi connectivity index (χ0n) is 14.1. The molecule has 0 radical (unpaired) electrons. The average Bonchev–Trinajstić information content (AvgIpc) is 2.55. The van der Waals surface area contributed by atoms with Crippen LogP contribution in [-0.4, -0.2) is 42.3 Å². The normalized spacial score (nSPS) is 18.6. The maximum absolute atomic E-state index is 11.2. The van der Waals surface area contributed by atoms with Gasteiger partial charge in [-0.1, -0.05) is 13.0 Å². The van der Waals surface area contributed by atoms with Crippen molar-refractivity contribution >= 4 is 5.97 Å². The zero-order chi connectivity index (χ0) is 16.7. The van der Waals surface area contributed by atoms with Gasteiger partial charge in [-0.25, -0.2) is 0 Å². The number of likely N-dealkylation sites (tertiary alicyclic amines) is 1. The Morgan fingerprint density at radius 1 is 1.30 bits per heavy atom. The van der Waals surface area contributed by atoms with E-state index in [4.69, 9.17) is 9.47 Å². The van der Waals surface area contributed by atoms with Gasteiger partial charge in [0.1, 0.15) is 0 Å². The molecule has 5 nitrogen and oxygen atoms in total. The Kier molecular flexibility index (Phi) is 6.71. The van der Waals surface area contributed by atoms with E-state index >= 15 is 0 Å². The van der Waals surface area contributed by atoms with Crippen molar-refractivity contribution in [2.45, 2.75) is 39.7 Å². The Balaban J connectivity index is 2.04. The molecule has 0 amide bonds. The van der Waals surface area contributed by atoms with Crippen molar-refractivity contribution in [1.82, 2.24) is 4.90 Å². The summed E-state index contributed by atoms with van der Waals surface area (Å²) in [5.74, 6) is 0.611. The molecule has 0 saturated carbocycles. The van der Waals surface area contributed by atoms with Gasteiger partial charge in [0.2, 0.25) is 0 Å². The Morgan fingerprint density at radius 2 is 2.13 bits per heavy atom. The molecule has 1 saturated heterocycles. The van der Waals surface area contributed by atoms with Crippen LogP contribution < -0.4 is 9.47 Å². The first-order valence-electron chi connectivity index (χ1n) is 8.47. The van der Waals surface area contributed by atoms with Crippen molar-refractivity contribution in [2.75, 3.05) is 26.3 Å². The molecule has 0 aliphatic carbocycles. The molecule has 1 atom stereocenters. The number of ether oxygens (including phenoxy) is 2. The highest BCUT2D eigenvalue weighted by Gasteiger charge is 2.25. The lowest BCUT2D eigenvalue weighted by Gasteiger charge is -2.30. The first kappa shape index (κ1) is 17.6. The summed E-state index contributed by atoms with van der Waals surface area (Å²) in [6.07, 6.45) is 2.67. The van der Waals surface area contributed by atoms with Gasteiger partial charge in [0.25, 0.3) is 0 Å². The van der Waals surface area contributed by atoms with Crippen LogP contribution in [0.3, 0.4) is 0 Å². The third-order valence-corrected chi connectivity index (χ3v) is 4.03. The molecule has 1 aromatic carbocycles. The second-order valence-corrected chi connectivity index (χ2v) is 5.98. The van der Waals surface area contributed by atoms with Gasteiger partial charge >= 0.3 is 5.97 Å². The van der Waals surface area contributed by atoms with Crippen LogP contribution in [0.15, 0.2) is 18.2 Å². The Morgan fingerprint density at radius 3 is 2.83 bits per heavy atom. The fourth-order valence-electron chi connectivity index (χ4n) is 2.91. The predicted octanol–water partition coefficient (Wildman–Crippen LogP) is 3.17. The van der Waals surface area contributed by atoms with Crippen LogP contribution in [0.2, 0.25) is 0 Å². The molecule has 1 heterocycles. The zero-order valence-corrected chi connectivity index (χ0v) is 14.1. The van der Waals surface area contributed by atoms with E-state index in [2.05, 4.69) is 11.8 Å². The number of hydrogen-bond acceptors (Lipinski definition) is 4. The molecule has 1 unspecified atom stereocenters. The number of rotatable bonds is 8. The molecule has 1 aliphatic heterocycles. The van der Waals surface area contributed by atoms with Crippen molar-refractivity contribution < 1.29 is 19.4 Å². The van der Waals surface area contributed by atoms with Gasteiger partial charge in [0.05, 0.1) is 19.1 Å². The molecule has 1 N–H and O–H groups in total. The maximum Gasteiger partial charge on any atom is 0.307 e. The minimum Gasteiger partial charge on any atom is -0.490 e. The van der Waals surface area contributed by atoms with Crippen LogP contribution in [0.4, 0.5) is 0 Å². The van der Waals surface area contributed by atoms with Crippen molar-refractivity contribution in [3.8, 4) is 11.5 Å². The van der Waals surface area contributed by atoms with Gasteiger partial charge in [-0.15, -0.1) is 0 Å². The number of hydrogen-bond donors (Lipinski definition) is 1. The highest BCUT2D eigenvalue weighted by Crippen LogP contribution is 2.30. The van der Waals surface area contributed by atoms with E-state index in [1.807, 2.05) is 25.1 Å². The average molecular weight is 321 g/mol. The smallest absolute Gasteiger partial charge is 0.307 e. The number of piperidine rings is 1. The van der Waals surface area contributed by atoms with Gasteiger partial charge in [-0.3, -0.25) is 9.69 Å². The minimum atomic E-state index is -0.687. The molecule has 1 fully saturated rings. The van der Waals surface area contributed by atoms with E-state index < -0.39 is 5.97 Å². The van der Waals surface area contributed by atoms with Gasteiger partial charge in [0, 0.05) is 13.1 Å². The van der Waals surface area contributed by atoms with Gasteiger partial charge in [0.15, 0.2) is 11.5 Å². The summed E-state index contributed by atoms with van der Waals surface area (Å²) in [6.45, 7) is 7.61. The number of carbonyl (C=O) groups is 1. The molecule has 0 bridgehead atoms. The molecular weight excluding hydrogens is 294 g/mol. The standard InChI is InChI=1S/C18H27NO4/c1-3-10-23-16-8-7-14(11-17(16)22-4-2)12-19-9-5-6-15(13-19)18(20)21/h7-8,11,15H,3-6,9-10,12-13H2,1-2H3,(H,20,21). The van der Waals surface area contributed by atoms with Crippen molar-refractivity contribution in [3.63, 3.8) is 0 Å². The molecule has 0 spiro atoms. The number of benzene rings is 1. The van der Waals surface area contributed by atoms with Crippen LogP contribution in [-0.2, 0) is 11.3 Å². The number of carboxylic acids is 1. The summed E-state index contributed by atoms with van der Waals surface area (Å²) in [5.41, 5.74) is 1.13. The first-order valence-corrected chi connectivity index (χ1v) is 8.47. The number of carboxylic acid groups (broad SMARTS) is 1. The van der Waals surface area contributed by atoms with Crippen molar-refractivity contribution in [3.05, 3.63) is 23.8 Å². The topological polar surface area (TPSA) is 59.0 Å². The van der Waals surface area contributed by atoms with Crippen molar-refractivity contribution in [2.24, 2.45) is 5.92 Å². The monoisotopic (exact) mass is 321 g/mol. The lowest BCUT2D eigenvalue weighted by atomic mass is 9.98. The highest BCUT2D eigenvalue weighted by atomic mass is 16.5. The third-order valence-electron chi connectivity index (χ3n) is 4.03. The summed E-state index contributed by atoms with van der Waals surface area (Å²) in [7, 11) is 0. The van der Waals surface area contributed by atoms with E-state index in [0.717, 1.165) is 49.4 Å². The summed E-state index contributed by atoms with van der Waals surface area (Å²) in [5, 5.41) is 9.19. The molecular formula is C18H27NO4. The van der Waals surface area contributed by atoms with Crippen LogP contribution in [0.1, 0.15) is 38.7 Å². The third kappa shape index (κ3) is 5.13. The van der Waals surface area contributed by atoms with Crippen LogP contribution in [0.25, 0.3) is 0 Å². The second kappa shape index (κ2) is 8.77. The molecule has 128 valence electrons. The SMILES string of the molecule is CCCOc1ccc(CN2CCCC(C(=O)O)C2)cc1OCC. The summed E-state index contributed by atoms with van der Waals surface area (Å²) < 4.78 is 11.4. The van der Waals surface area contributed by atoms with Crippen molar-refractivity contribution in [1.29, 1.82) is 0 Å². The van der Waals surface area contributed by atoms with E-state index in [0.29, 0.717) is 19.8 Å². The van der Waals surface area contributed by atoms with E-state index in [9.17, 15) is 9.90 Å². The lowest BCUT2D eigenvalue weighted by molar-refractivity contribution is -0.143. The summed E-state index contributed by atoms with van der Waals surface area (Å²) in [6, 6.07) is 6.01. The first-order chi connectivity index (χ1) is 11.1. The Bertz CT molecular complexity index is 518. The second-order valence-electron chi connectivity index (χ2n) is 5.98. The fraction of sp³-hybridized carbons (Fsp3) is 0.611. The quantitative estimate of drug-likeness (QED) is 0.797. The molecule has 1 aliphatic rings. The Labute approximate surface area is 138 Å². The van der Waals surface area contributed by atoms with Gasteiger partial charge < -0.3 is 14.6 Å².